The first-order valence-electron chi connectivity index (χ1n) is 10.1. The van der Waals surface area contributed by atoms with Crippen LogP contribution in [0.4, 0.5) is 24.7 Å². The highest BCUT2D eigenvalue weighted by atomic mass is 35.5. The summed E-state index contributed by atoms with van der Waals surface area (Å²) < 4.78 is 43.1. The van der Waals surface area contributed by atoms with E-state index in [1.165, 1.54) is 18.3 Å². The zero-order valence-electron chi connectivity index (χ0n) is 17.5. The molecular weight excluding hydrogens is 481 g/mol. The van der Waals surface area contributed by atoms with Crippen molar-refractivity contribution in [2.45, 2.75) is 25.6 Å². The summed E-state index contributed by atoms with van der Waals surface area (Å²) in [5.41, 5.74) is -0.806. The molecule has 2 amide bonds. The number of hydrogen-bond donors (Lipinski definition) is 4. The van der Waals surface area contributed by atoms with Crippen molar-refractivity contribution in [2.24, 2.45) is 5.92 Å². The topological polar surface area (TPSA) is 130 Å². The van der Waals surface area contributed by atoms with Crippen molar-refractivity contribution in [2.75, 3.05) is 23.7 Å². The predicted molar refractivity (Wildman–Crippen MR) is 115 cm³/mol. The summed E-state index contributed by atoms with van der Waals surface area (Å²) in [5, 5.41) is 17.8. The maximum Gasteiger partial charge on any atom is 0.491 e. The molecule has 1 aromatic carbocycles. The molecule has 1 saturated heterocycles. The highest BCUT2D eigenvalue weighted by Gasteiger charge is 2.42. The number of pyridine rings is 1. The maximum absolute atomic E-state index is 13.0. The van der Waals surface area contributed by atoms with E-state index < -0.39 is 47.9 Å². The Bertz CT molecular complexity index is 1070. The number of aliphatic hydroxyl groups is 1. The quantitative estimate of drug-likeness (QED) is 0.354. The first-order valence-corrected chi connectivity index (χ1v) is 10.5. The SMILES string of the molecule is O=C(Nc1ccc(Cl)cn1)c1cc(CO)cc(OC(=O)C(F)(F)F)c1NC(=O)C1CCNCC1. The molecule has 1 aliphatic heterocycles. The van der Waals surface area contributed by atoms with E-state index in [1.54, 1.807) is 0 Å². The number of esters is 1. The molecule has 0 saturated carbocycles. The van der Waals surface area contributed by atoms with Gasteiger partial charge in [-0.3, -0.25) is 9.59 Å². The van der Waals surface area contributed by atoms with Crippen molar-refractivity contribution < 1.29 is 37.4 Å². The second kappa shape index (κ2) is 10.8. The summed E-state index contributed by atoms with van der Waals surface area (Å²) in [7, 11) is 0. The number of halogens is 4. The van der Waals surface area contributed by atoms with Gasteiger partial charge >= 0.3 is 12.1 Å². The van der Waals surface area contributed by atoms with E-state index in [0.717, 1.165) is 12.1 Å². The van der Waals surface area contributed by atoms with Crippen LogP contribution in [0.3, 0.4) is 0 Å². The van der Waals surface area contributed by atoms with Crippen molar-refractivity contribution in [3.63, 3.8) is 0 Å². The number of amides is 2. The average molecular weight is 501 g/mol. The summed E-state index contributed by atoms with van der Waals surface area (Å²) in [4.78, 5) is 41.2. The molecule has 4 N–H and O–H groups in total. The lowest BCUT2D eigenvalue weighted by Crippen LogP contribution is -2.35. The molecule has 1 fully saturated rings. The molecule has 0 unspecified atom stereocenters. The molecule has 34 heavy (non-hydrogen) atoms. The Morgan fingerprint density at radius 2 is 1.88 bits per heavy atom. The number of nitrogens with one attached hydrogen (secondary N) is 3. The van der Waals surface area contributed by atoms with Crippen molar-refractivity contribution in [3.05, 3.63) is 46.6 Å². The van der Waals surface area contributed by atoms with Crippen molar-refractivity contribution in [3.8, 4) is 5.75 Å². The Labute approximate surface area is 196 Å². The van der Waals surface area contributed by atoms with Crippen molar-refractivity contribution in [1.29, 1.82) is 0 Å². The number of hydrogen-bond acceptors (Lipinski definition) is 7. The first-order chi connectivity index (χ1) is 16.1. The summed E-state index contributed by atoms with van der Waals surface area (Å²) in [5.74, 6) is -5.13. The molecule has 0 radical (unpaired) electrons. The fourth-order valence-corrected chi connectivity index (χ4v) is 3.36. The summed E-state index contributed by atoms with van der Waals surface area (Å²) >= 11 is 5.77. The summed E-state index contributed by atoms with van der Waals surface area (Å²) in [6.45, 7) is 0.443. The molecule has 13 heteroatoms. The molecular formula is C21H20ClF3N4O5. The highest BCUT2D eigenvalue weighted by Crippen LogP contribution is 2.34. The molecule has 0 aliphatic carbocycles. The number of carbonyl (C=O) groups excluding carboxylic acids is 3. The van der Waals surface area contributed by atoms with Gasteiger partial charge in [-0.1, -0.05) is 11.6 Å². The van der Waals surface area contributed by atoms with Gasteiger partial charge in [-0.05, 0) is 55.8 Å². The number of aliphatic hydroxyl groups excluding tert-OH is 1. The summed E-state index contributed by atoms with van der Waals surface area (Å²) in [6, 6.07) is 4.94. The molecule has 1 aliphatic rings. The third-order valence-corrected chi connectivity index (χ3v) is 5.17. The van der Waals surface area contributed by atoms with E-state index in [2.05, 4.69) is 25.7 Å². The van der Waals surface area contributed by atoms with Crippen LogP contribution in [0.25, 0.3) is 0 Å². The lowest BCUT2D eigenvalue weighted by Gasteiger charge is -2.23. The van der Waals surface area contributed by atoms with E-state index >= 15 is 0 Å². The minimum atomic E-state index is -5.33. The fraction of sp³-hybridized carbons (Fsp3) is 0.333. The van der Waals surface area contributed by atoms with Crippen LogP contribution in [-0.2, 0) is 16.2 Å². The second-order valence-electron chi connectivity index (χ2n) is 7.39. The molecule has 182 valence electrons. The minimum absolute atomic E-state index is 0.0287. The van der Waals surface area contributed by atoms with Crippen LogP contribution in [0.5, 0.6) is 5.75 Å². The van der Waals surface area contributed by atoms with Gasteiger partial charge in [0.25, 0.3) is 5.91 Å². The van der Waals surface area contributed by atoms with E-state index in [0.29, 0.717) is 31.0 Å². The Morgan fingerprint density at radius 3 is 2.47 bits per heavy atom. The zero-order chi connectivity index (χ0) is 24.9. The zero-order valence-corrected chi connectivity index (χ0v) is 18.3. The number of ether oxygens (including phenoxy) is 1. The van der Waals surface area contributed by atoms with Crippen molar-refractivity contribution >= 4 is 40.9 Å². The average Bonchev–Trinajstić information content (AvgIpc) is 2.81. The largest absolute Gasteiger partial charge is 0.491 e. The minimum Gasteiger partial charge on any atom is -0.418 e. The number of benzene rings is 1. The van der Waals surface area contributed by atoms with Crippen LogP contribution < -0.4 is 20.7 Å². The van der Waals surface area contributed by atoms with Crippen molar-refractivity contribution in [1.82, 2.24) is 10.3 Å². The number of alkyl halides is 3. The predicted octanol–water partition coefficient (Wildman–Crippen LogP) is 2.89. The van der Waals surface area contributed by atoms with E-state index in [-0.39, 0.29) is 16.9 Å². The van der Waals surface area contributed by atoms with E-state index in [9.17, 15) is 32.7 Å². The third-order valence-electron chi connectivity index (χ3n) is 4.95. The molecule has 0 bridgehead atoms. The maximum atomic E-state index is 13.0. The van der Waals surface area contributed by atoms with Gasteiger partial charge in [-0.15, -0.1) is 0 Å². The van der Waals surface area contributed by atoms with Gasteiger partial charge in [-0.25, -0.2) is 9.78 Å². The van der Waals surface area contributed by atoms with E-state index in [4.69, 9.17) is 11.6 Å². The number of anilines is 2. The molecule has 3 rings (SSSR count). The first kappa shape index (κ1) is 25.4. The molecule has 0 spiro atoms. The van der Waals surface area contributed by atoms with Gasteiger partial charge in [0, 0.05) is 12.1 Å². The highest BCUT2D eigenvalue weighted by molar-refractivity contribution is 6.30. The monoisotopic (exact) mass is 500 g/mol. The summed E-state index contributed by atoms with van der Waals surface area (Å²) in [6.07, 6.45) is -3.14. The van der Waals surface area contributed by atoms with E-state index in [1.807, 2.05) is 0 Å². The molecule has 1 aromatic heterocycles. The molecule has 2 heterocycles. The van der Waals surface area contributed by atoms with Gasteiger partial charge in [0.15, 0.2) is 5.75 Å². The lowest BCUT2D eigenvalue weighted by atomic mass is 9.96. The Morgan fingerprint density at radius 1 is 1.18 bits per heavy atom. The number of nitrogens with zero attached hydrogens (tertiary/aromatic N) is 1. The van der Waals surface area contributed by atoms with Crippen LogP contribution in [0, 0.1) is 5.92 Å². The number of aromatic nitrogens is 1. The van der Waals surface area contributed by atoms with Crippen LogP contribution >= 0.6 is 11.6 Å². The molecule has 0 atom stereocenters. The standard InChI is InChI=1S/C21H20ClF3N4O5/c22-13-1-2-16(27-9-13)28-19(32)14-7-11(10-30)8-15(34-20(33)21(23,24)25)17(14)29-18(31)12-3-5-26-6-4-12/h1-2,7-9,12,26,30H,3-6,10H2,(H,29,31)(H,27,28,32). The lowest BCUT2D eigenvalue weighted by molar-refractivity contribution is -0.189. The smallest absolute Gasteiger partial charge is 0.418 e. The van der Waals surface area contributed by atoms with Gasteiger partial charge in [0.05, 0.1) is 22.9 Å². The Kier molecular flexibility index (Phi) is 8.07. The second-order valence-corrected chi connectivity index (χ2v) is 7.83. The normalized spacial score (nSPS) is 14.4. The number of carbonyl (C=O) groups is 3. The van der Waals surface area contributed by atoms with Crippen LogP contribution in [0.15, 0.2) is 30.5 Å². The van der Waals surface area contributed by atoms with Crippen LogP contribution in [0.1, 0.15) is 28.8 Å². The molecule has 2 aromatic rings. The van der Waals surface area contributed by atoms with Crippen LogP contribution in [-0.4, -0.2) is 47.1 Å². The van der Waals surface area contributed by atoms with Gasteiger partial charge in [0.2, 0.25) is 5.91 Å². The fourth-order valence-electron chi connectivity index (χ4n) is 3.25. The van der Waals surface area contributed by atoms with Crippen LogP contribution in [0.2, 0.25) is 5.02 Å². The molecule has 9 nitrogen and oxygen atoms in total. The Hall–Kier alpha value is -3.22. The van der Waals surface area contributed by atoms with Gasteiger partial charge in [0.1, 0.15) is 5.82 Å². The van der Waals surface area contributed by atoms with Gasteiger partial charge in [-0.2, -0.15) is 13.2 Å². The number of piperidine rings is 1. The number of rotatable bonds is 6. The third kappa shape index (κ3) is 6.43. The Balaban J connectivity index is 2.02. The van der Waals surface area contributed by atoms with Gasteiger partial charge < -0.3 is 25.8 Å².